The molecule has 0 unspecified atom stereocenters. The molecule has 0 aliphatic heterocycles. The number of anilines is 1. The van der Waals surface area contributed by atoms with Crippen molar-refractivity contribution in [1.82, 2.24) is 19.9 Å². The summed E-state index contributed by atoms with van der Waals surface area (Å²) in [6.45, 7) is 2.68. The van der Waals surface area contributed by atoms with E-state index in [2.05, 4.69) is 34.3 Å². The Hall–Kier alpha value is -2.79. The summed E-state index contributed by atoms with van der Waals surface area (Å²) in [5.74, 6) is 0.688. The molecular weight excluding hydrogens is 471 g/mol. The Kier molecular flexibility index (Phi) is 9.75. The molecular formula is C25H30Cl2N6O. The number of carbonyl (C=O) groups excluding carboxylic acids is 1. The van der Waals surface area contributed by atoms with Crippen molar-refractivity contribution in [3.63, 3.8) is 0 Å². The number of halogens is 2. The van der Waals surface area contributed by atoms with Crippen LogP contribution in [0.15, 0.2) is 36.7 Å². The lowest BCUT2D eigenvalue weighted by Gasteiger charge is -2.31. The highest BCUT2D eigenvalue weighted by molar-refractivity contribution is 6.06. The van der Waals surface area contributed by atoms with Crippen LogP contribution in [0.3, 0.4) is 0 Å². The molecule has 180 valence electrons. The maximum atomic E-state index is 12.4. The van der Waals surface area contributed by atoms with E-state index in [1.807, 2.05) is 24.3 Å². The zero-order chi connectivity index (χ0) is 22.7. The number of carbonyl (C=O) groups is 1. The molecule has 0 bridgehead atoms. The molecule has 0 saturated heterocycles. The topological polar surface area (TPSA) is 94.8 Å². The summed E-state index contributed by atoms with van der Waals surface area (Å²) in [6.07, 6.45) is 7.77. The predicted octanol–water partition coefficient (Wildman–Crippen LogP) is 5.14. The number of rotatable bonds is 6. The van der Waals surface area contributed by atoms with E-state index >= 15 is 0 Å². The van der Waals surface area contributed by atoms with E-state index in [0.717, 1.165) is 47.8 Å². The van der Waals surface area contributed by atoms with Gasteiger partial charge in [-0.1, -0.05) is 0 Å². The SMILES string of the molecule is CC(=O)c1cnc2ccc(-c3ccc(C#N)nc3)nc2c1N[C@H]1CC[C@H](CN(C)C)CC1.Cl.Cl. The smallest absolute Gasteiger partial charge is 0.163 e. The number of Topliss-reactive ketones (excluding diaryl/α,β-unsaturated/α-hetero) is 1. The van der Waals surface area contributed by atoms with Crippen LogP contribution in [0, 0.1) is 17.2 Å². The minimum Gasteiger partial charge on any atom is -0.380 e. The Balaban J connectivity index is 0.00000204. The van der Waals surface area contributed by atoms with Gasteiger partial charge in [0.25, 0.3) is 0 Å². The molecule has 0 aromatic carbocycles. The summed E-state index contributed by atoms with van der Waals surface area (Å²) in [6, 6.07) is 9.65. The van der Waals surface area contributed by atoms with Gasteiger partial charge in [0.05, 0.1) is 22.5 Å². The minimum absolute atomic E-state index is 0. The third-order valence-corrected chi connectivity index (χ3v) is 6.08. The normalized spacial score (nSPS) is 17.4. The zero-order valence-corrected chi connectivity index (χ0v) is 21.2. The number of hydrogen-bond donors (Lipinski definition) is 1. The first kappa shape index (κ1) is 27.5. The van der Waals surface area contributed by atoms with Gasteiger partial charge in [0, 0.05) is 30.5 Å². The molecule has 0 radical (unpaired) electrons. The maximum Gasteiger partial charge on any atom is 0.163 e. The molecule has 9 heteroatoms. The number of hydrogen-bond acceptors (Lipinski definition) is 7. The van der Waals surface area contributed by atoms with Crippen LogP contribution in [0.2, 0.25) is 0 Å². The average Bonchev–Trinajstić information content (AvgIpc) is 2.79. The lowest BCUT2D eigenvalue weighted by atomic mass is 9.85. The van der Waals surface area contributed by atoms with Gasteiger partial charge >= 0.3 is 0 Å². The Labute approximate surface area is 212 Å². The summed E-state index contributed by atoms with van der Waals surface area (Å²) >= 11 is 0. The number of nitrogens with zero attached hydrogens (tertiary/aromatic N) is 5. The largest absolute Gasteiger partial charge is 0.380 e. The van der Waals surface area contributed by atoms with E-state index < -0.39 is 0 Å². The molecule has 0 amide bonds. The Bertz CT molecular complexity index is 1170. The quantitative estimate of drug-likeness (QED) is 0.467. The third-order valence-electron chi connectivity index (χ3n) is 6.08. The molecule has 1 aliphatic carbocycles. The molecule has 0 atom stereocenters. The van der Waals surface area contributed by atoms with Crippen LogP contribution in [0.4, 0.5) is 5.69 Å². The van der Waals surface area contributed by atoms with Crippen LogP contribution in [-0.2, 0) is 0 Å². The molecule has 1 fully saturated rings. The van der Waals surface area contributed by atoms with Crippen molar-refractivity contribution in [1.29, 1.82) is 5.26 Å². The molecule has 1 N–H and O–H groups in total. The Morgan fingerprint density at radius 2 is 1.82 bits per heavy atom. The van der Waals surface area contributed by atoms with E-state index in [0.29, 0.717) is 22.8 Å². The van der Waals surface area contributed by atoms with Crippen LogP contribution in [-0.4, -0.2) is 52.3 Å². The van der Waals surface area contributed by atoms with Crippen molar-refractivity contribution in [2.24, 2.45) is 5.92 Å². The second kappa shape index (κ2) is 12.1. The predicted molar refractivity (Wildman–Crippen MR) is 140 cm³/mol. The summed E-state index contributed by atoms with van der Waals surface area (Å²) in [5.41, 5.74) is 4.67. The number of aromatic nitrogens is 3. The molecule has 7 nitrogen and oxygen atoms in total. The summed E-state index contributed by atoms with van der Waals surface area (Å²) in [5, 5.41) is 12.6. The van der Waals surface area contributed by atoms with E-state index in [1.54, 1.807) is 25.4 Å². The Morgan fingerprint density at radius 3 is 2.41 bits per heavy atom. The number of pyridine rings is 3. The minimum atomic E-state index is -0.0320. The number of nitriles is 1. The number of nitrogens with one attached hydrogen (secondary N) is 1. The van der Waals surface area contributed by atoms with Gasteiger partial charge in [-0.05, 0) is 76.9 Å². The van der Waals surface area contributed by atoms with Gasteiger partial charge in [0.15, 0.2) is 5.78 Å². The van der Waals surface area contributed by atoms with Crippen LogP contribution in [0.5, 0.6) is 0 Å². The van der Waals surface area contributed by atoms with E-state index in [1.165, 1.54) is 12.8 Å². The van der Waals surface area contributed by atoms with Gasteiger partial charge in [0.2, 0.25) is 0 Å². The Morgan fingerprint density at radius 1 is 1.09 bits per heavy atom. The number of ketones is 1. The first-order valence-electron chi connectivity index (χ1n) is 11.0. The average molecular weight is 501 g/mol. The van der Waals surface area contributed by atoms with Gasteiger partial charge in [-0.25, -0.2) is 9.97 Å². The fourth-order valence-corrected chi connectivity index (χ4v) is 4.46. The molecule has 3 aromatic rings. The summed E-state index contributed by atoms with van der Waals surface area (Å²) in [7, 11) is 4.25. The van der Waals surface area contributed by atoms with Crippen LogP contribution in [0.25, 0.3) is 22.3 Å². The summed E-state index contributed by atoms with van der Waals surface area (Å²) < 4.78 is 0. The molecule has 0 spiro atoms. The molecule has 3 heterocycles. The monoisotopic (exact) mass is 500 g/mol. The van der Waals surface area contributed by atoms with Crippen molar-refractivity contribution < 1.29 is 4.79 Å². The van der Waals surface area contributed by atoms with Crippen molar-refractivity contribution in [2.75, 3.05) is 26.0 Å². The molecule has 4 rings (SSSR count). The van der Waals surface area contributed by atoms with Gasteiger partial charge in [-0.2, -0.15) is 5.26 Å². The zero-order valence-electron chi connectivity index (χ0n) is 19.6. The van der Waals surface area contributed by atoms with Crippen molar-refractivity contribution >= 4 is 47.3 Å². The second-order valence-electron chi connectivity index (χ2n) is 8.84. The van der Waals surface area contributed by atoms with E-state index in [9.17, 15) is 4.79 Å². The molecule has 1 aliphatic rings. The summed E-state index contributed by atoms with van der Waals surface area (Å²) in [4.78, 5) is 28.1. The van der Waals surface area contributed by atoms with Crippen LogP contribution < -0.4 is 5.32 Å². The highest BCUT2D eigenvalue weighted by Crippen LogP contribution is 2.32. The molecule has 34 heavy (non-hydrogen) atoms. The van der Waals surface area contributed by atoms with Crippen molar-refractivity contribution in [3.05, 3.63) is 47.9 Å². The third kappa shape index (κ3) is 6.20. The lowest BCUT2D eigenvalue weighted by Crippen LogP contribution is -2.31. The lowest BCUT2D eigenvalue weighted by molar-refractivity contribution is 0.101. The van der Waals surface area contributed by atoms with Gasteiger partial charge in [0.1, 0.15) is 17.3 Å². The maximum absolute atomic E-state index is 12.4. The fraction of sp³-hybridized carbons (Fsp3) is 0.400. The van der Waals surface area contributed by atoms with Crippen molar-refractivity contribution in [2.45, 2.75) is 38.6 Å². The van der Waals surface area contributed by atoms with Gasteiger partial charge in [-0.3, -0.25) is 9.78 Å². The van der Waals surface area contributed by atoms with Crippen molar-refractivity contribution in [3.8, 4) is 17.3 Å². The molecule has 1 saturated carbocycles. The van der Waals surface area contributed by atoms with E-state index in [-0.39, 0.29) is 30.6 Å². The first-order chi connectivity index (χ1) is 15.4. The number of fused-ring (bicyclic) bond motifs is 1. The first-order valence-corrected chi connectivity index (χ1v) is 11.0. The fourth-order valence-electron chi connectivity index (χ4n) is 4.46. The standard InChI is InChI=1S/C25H28N6O.2ClH/c1-16(32)21-14-28-23-11-10-22(18-6-9-20(12-26)27-13-18)30-25(23)24(21)29-19-7-4-17(5-8-19)15-31(2)3;;/h6,9-11,13-14,17,19H,4-5,7-8,15H2,1-3H3,(H,28,29);2*1H/t17-,19-;;. The second-order valence-corrected chi connectivity index (χ2v) is 8.84. The van der Waals surface area contributed by atoms with Crippen LogP contribution in [0.1, 0.15) is 48.7 Å². The highest BCUT2D eigenvalue weighted by Gasteiger charge is 2.24. The van der Waals surface area contributed by atoms with Crippen LogP contribution >= 0.6 is 24.8 Å². The van der Waals surface area contributed by atoms with Gasteiger partial charge < -0.3 is 10.2 Å². The molecule has 3 aromatic heterocycles. The van der Waals surface area contributed by atoms with E-state index in [4.69, 9.17) is 10.2 Å². The highest BCUT2D eigenvalue weighted by atomic mass is 35.5. The van der Waals surface area contributed by atoms with Gasteiger partial charge in [-0.15, -0.1) is 24.8 Å².